The summed E-state index contributed by atoms with van der Waals surface area (Å²) in [6.45, 7) is 1.73. The van der Waals surface area contributed by atoms with Gasteiger partial charge >= 0.3 is 0 Å². The summed E-state index contributed by atoms with van der Waals surface area (Å²) in [7, 11) is 0. The number of rotatable bonds is 6. The zero-order chi connectivity index (χ0) is 24.4. The van der Waals surface area contributed by atoms with Crippen molar-refractivity contribution in [3.05, 3.63) is 96.1 Å². The SMILES string of the molecule is CC(Sc1nnc(Cc2ccccc2)n1-c1ccc(F)cc1)C(=O)N1CC(=O)Nc2ccccc21. The van der Waals surface area contributed by atoms with E-state index in [9.17, 15) is 14.0 Å². The van der Waals surface area contributed by atoms with Crippen molar-refractivity contribution >= 4 is 35.0 Å². The zero-order valence-corrected chi connectivity index (χ0v) is 19.7. The Labute approximate surface area is 206 Å². The Hall–Kier alpha value is -3.98. The van der Waals surface area contributed by atoms with Crippen molar-refractivity contribution in [1.82, 2.24) is 14.8 Å². The van der Waals surface area contributed by atoms with Gasteiger partial charge in [0.15, 0.2) is 5.16 Å². The Morgan fingerprint density at radius 2 is 1.74 bits per heavy atom. The lowest BCUT2D eigenvalue weighted by Crippen LogP contribution is -2.45. The van der Waals surface area contributed by atoms with E-state index in [2.05, 4.69) is 15.5 Å². The van der Waals surface area contributed by atoms with E-state index in [1.807, 2.05) is 53.1 Å². The summed E-state index contributed by atoms with van der Waals surface area (Å²) in [6, 6.07) is 23.2. The molecule has 35 heavy (non-hydrogen) atoms. The van der Waals surface area contributed by atoms with Crippen LogP contribution in [0.3, 0.4) is 0 Å². The number of carbonyl (C=O) groups excluding carboxylic acids is 2. The predicted molar refractivity (Wildman–Crippen MR) is 133 cm³/mol. The molecule has 0 bridgehead atoms. The number of hydrogen-bond donors (Lipinski definition) is 1. The maximum Gasteiger partial charge on any atom is 0.244 e. The molecule has 1 aliphatic heterocycles. The fourth-order valence-corrected chi connectivity index (χ4v) is 4.93. The van der Waals surface area contributed by atoms with Gasteiger partial charge in [0.1, 0.15) is 18.2 Å². The van der Waals surface area contributed by atoms with Crippen LogP contribution in [0, 0.1) is 5.82 Å². The van der Waals surface area contributed by atoms with Gasteiger partial charge in [0.2, 0.25) is 11.8 Å². The molecule has 2 heterocycles. The monoisotopic (exact) mass is 487 g/mol. The smallest absolute Gasteiger partial charge is 0.244 e. The largest absolute Gasteiger partial charge is 0.323 e. The minimum Gasteiger partial charge on any atom is -0.323 e. The molecule has 176 valence electrons. The highest BCUT2D eigenvalue weighted by Gasteiger charge is 2.31. The van der Waals surface area contributed by atoms with Gasteiger partial charge in [-0.1, -0.05) is 54.2 Å². The Morgan fingerprint density at radius 1 is 1.03 bits per heavy atom. The molecule has 0 aliphatic carbocycles. The number of thioether (sulfide) groups is 1. The third-order valence-corrected chi connectivity index (χ3v) is 6.69. The Morgan fingerprint density at radius 3 is 2.51 bits per heavy atom. The first-order chi connectivity index (χ1) is 17.0. The highest BCUT2D eigenvalue weighted by Crippen LogP contribution is 2.33. The van der Waals surface area contributed by atoms with Crippen molar-refractivity contribution in [2.75, 3.05) is 16.8 Å². The van der Waals surface area contributed by atoms with Crippen LogP contribution in [0.25, 0.3) is 5.69 Å². The number of fused-ring (bicyclic) bond motifs is 1. The average Bonchev–Trinajstić information content (AvgIpc) is 3.25. The summed E-state index contributed by atoms with van der Waals surface area (Å²) in [5, 5.41) is 11.5. The van der Waals surface area contributed by atoms with Crippen LogP contribution in [-0.2, 0) is 16.0 Å². The normalized spacial score (nSPS) is 13.8. The van der Waals surface area contributed by atoms with E-state index in [4.69, 9.17) is 0 Å². The number of para-hydroxylation sites is 2. The van der Waals surface area contributed by atoms with Gasteiger partial charge < -0.3 is 5.32 Å². The van der Waals surface area contributed by atoms with Gasteiger partial charge in [-0.25, -0.2) is 4.39 Å². The first kappa shape index (κ1) is 22.8. The van der Waals surface area contributed by atoms with Crippen LogP contribution in [0.1, 0.15) is 18.3 Å². The van der Waals surface area contributed by atoms with E-state index >= 15 is 0 Å². The minimum atomic E-state index is -0.554. The molecule has 1 aliphatic rings. The lowest BCUT2D eigenvalue weighted by molar-refractivity contribution is -0.121. The first-order valence-corrected chi connectivity index (χ1v) is 12.0. The van der Waals surface area contributed by atoms with E-state index in [0.29, 0.717) is 34.5 Å². The van der Waals surface area contributed by atoms with Gasteiger partial charge in [-0.3, -0.25) is 19.1 Å². The standard InChI is InChI=1S/C26H22FN5O2S/c1-17(25(34)31-16-24(33)28-21-9-5-6-10-22(21)31)35-26-30-29-23(15-18-7-3-2-4-8-18)32(26)20-13-11-19(27)12-14-20/h2-14,17H,15-16H2,1H3,(H,28,33). The molecule has 5 rings (SSSR count). The molecule has 4 aromatic rings. The molecule has 9 heteroatoms. The summed E-state index contributed by atoms with van der Waals surface area (Å²) in [5.41, 5.74) is 3.02. The number of anilines is 2. The van der Waals surface area contributed by atoms with Crippen molar-refractivity contribution in [2.24, 2.45) is 0 Å². The molecule has 1 atom stereocenters. The molecular formula is C26H22FN5O2S. The third-order valence-electron chi connectivity index (χ3n) is 5.66. The summed E-state index contributed by atoms with van der Waals surface area (Å²) in [4.78, 5) is 27.1. The highest BCUT2D eigenvalue weighted by atomic mass is 32.2. The van der Waals surface area contributed by atoms with Gasteiger partial charge in [0.05, 0.1) is 16.6 Å². The molecule has 7 nitrogen and oxygen atoms in total. The second-order valence-electron chi connectivity index (χ2n) is 8.12. The third kappa shape index (κ3) is 4.81. The number of nitrogens with one attached hydrogen (secondary N) is 1. The zero-order valence-electron chi connectivity index (χ0n) is 18.9. The number of hydrogen-bond acceptors (Lipinski definition) is 5. The molecule has 0 saturated heterocycles. The number of aromatic nitrogens is 3. The number of halogens is 1. The number of benzene rings is 3. The average molecular weight is 488 g/mol. The maximum absolute atomic E-state index is 13.6. The van der Waals surface area contributed by atoms with Crippen molar-refractivity contribution < 1.29 is 14.0 Å². The van der Waals surface area contributed by atoms with Crippen LogP contribution in [0.4, 0.5) is 15.8 Å². The molecule has 1 aromatic heterocycles. The Bertz CT molecular complexity index is 1370. The second-order valence-corrected chi connectivity index (χ2v) is 9.43. The lowest BCUT2D eigenvalue weighted by Gasteiger charge is -2.30. The van der Waals surface area contributed by atoms with Crippen molar-refractivity contribution in [3.63, 3.8) is 0 Å². The molecule has 0 fully saturated rings. The fourth-order valence-electron chi connectivity index (χ4n) is 3.98. The van der Waals surface area contributed by atoms with Crippen molar-refractivity contribution in [3.8, 4) is 5.69 Å². The summed E-state index contributed by atoms with van der Waals surface area (Å²) < 4.78 is 15.5. The Kier molecular flexibility index (Phi) is 6.33. The molecule has 0 spiro atoms. The topological polar surface area (TPSA) is 80.1 Å². The summed E-state index contributed by atoms with van der Waals surface area (Å²) >= 11 is 1.25. The molecule has 1 N–H and O–H groups in total. The maximum atomic E-state index is 13.6. The van der Waals surface area contributed by atoms with Gasteiger partial charge in [-0.15, -0.1) is 10.2 Å². The molecule has 0 saturated carbocycles. The van der Waals surface area contributed by atoms with Crippen LogP contribution in [-0.4, -0.2) is 38.4 Å². The van der Waals surface area contributed by atoms with Crippen molar-refractivity contribution in [2.45, 2.75) is 23.8 Å². The quantitative estimate of drug-likeness (QED) is 0.406. The first-order valence-electron chi connectivity index (χ1n) is 11.1. The summed E-state index contributed by atoms with van der Waals surface area (Å²) in [6.07, 6.45) is 0.522. The van der Waals surface area contributed by atoms with Crippen LogP contribution >= 0.6 is 11.8 Å². The van der Waals surface area contributed by atoms with E-state index in [1.165, 1.54) is 28.8 Å². The number of carbonyl (C=O) groups is 2. The van der Waals surface area contributed by atoms with Crippen LogP contribution in [0.15, 0.2) is 84.0 Å². The molecular weight excluding hydrogens is 465 g/mol. The van der Waals surface area contributed by atoms with Crippen LogP contribution in [0.2, 0.25) is 0 Å². The molecule has 3 aromatic carbocycles. The van der Waals surface area contributed by atoms with E-state index in [1.54, 1.807) is 25.1 Å². The minimum absolute atomic E-state index is 0.0509. The van der Waals surface area contributed by atoms with Crippen LogP contribution in [0.5, 0.6) is 0 Å². The highest BCUT2D eigenvalue weighted by molar-refractivity contribution is 8.00. The fraction of sp³-hybridized carbons (Fsp3) is 0.154. The van der Waals surface area contributed by atoms with Gasteiger partial charge in [-0.2, -0.15) is 0 Å². The second kappa shape index (κ2) is 9.71. The van der Waals surface area contributed by atoms with Gasteiger partial charge in [0.25, 0.3) is 0 Å². The van der Waals surface area contributed by atoms with E-state index in [-0.39, 0.29) is 24.2 Å². The number of amides is 2. The lowest BCUT2D eigenvalue weighted by atomic mass is 10.1. The van der Waals surface area contributed by atoms with Crippen LogP contribution < -0.4 is 10.2 Å². The van der Waals surface area contributed by atoms with Crippen molar-refractivity contribution in [1.29, 1.82) is 0 Å². The van der Waals surface area contributed by atoms with Gasteiger partial charge in [-0.05, 0) is 48.9 Å². The molecule has 0 radical (unpaired) electrons. The van der Waals surface area contributed by atoms with Gasteiger partial charge in [0, 0.05) is 12.1 Å². The summed E-state index contributed by atoms with van der Waals surface area (Å²) in [5.74, 6) is -0.122. The van der Waals surface area contributed by atoms with E-state index in [0.717, 1.165) is 5.56 Å². The predicted octanol–water partition coefficient (Wildman–Crippen LogP) is 4.46. The molecule has 1 unspecified atom stereocenters. The molecule has 2 amide bonds. The Balaban J connectivity index is 1.45. The van der Waals surface area contributed by atoms with E-state index < -0.39 is 5.25 Å². The number of nitrogens with zero attached hydrogens (tertiary/aromatic N) is 4.